The van der Waals surface area contributed by atoms with Gasteiger partial charge in [-0.05, 0) is 24.3 Å². The highest BCUT2D eigenvalue weighted by molar-refractivity contribution is 7.89. The highest BCUT2D eigenvalue weighted by Gasteiger charge is 2.17. The van der Waals surface area contributed by atoms with Gasteiger partial charge in [0.15, 0.2) is 5.65 Å². The number of ether oxygens (including phenoxy) is 1. The molecule has 1 aromatic carbocycles. The van der Waals surface area contributed by atoms with E-state index in [1.807, 2.05) is 0 Å². The van der Waals surface area contributed by atoms with E-state index in [9.17, 15) is 13.2 Å². The van der Waals surface area contributed by atoms with Crippen LogP contribution in [0.4, 0.5) is 5.82 Å². The molecule has 0 atom stereocenters. The Morgan fingerprint density at radius 1 is 1.16 bits per heavy atom. The van der Waals surface area contributed by atoms with Crippen LogP contribution in [0.5, 0.6) is 0 Å². The molecule has 3 rings (SSSR count). The maximum atomic E-state index is 12.4. The van der Waals surface area contributed by atoms with Crippen molar-refractivity contribution in [3.8, 4) is 0 Å². The second kappa shape index (κ2) is 9.81. The van der Waals surface area contributed by atoms with Crippen LogP contribution in [0.1, 0.15) is 10.4 Å². The Kier molecular flexibility index (Phi) is 7.15. The zero-order valence-corrected chi connectivity index (χ0v) is 18.4. The number of fused-ring (bicyclic) bond motifs is 1. The summed E-state index contributed by atoms with van der Waals surface area (Å²) in [5.41, 5.74) is 1.03. The van der Waals surface area contributed by atoms with E-state index in [2.05, 4.69) is 25.7 Å². The van der Waals surface area contributed by atoms with Crippen molar-refractivity contribution >= 4 is 32.8 Å². The van der Waals surface area contributed by atoms with E-state index in [0.29, 0.717) is 43.3 Å². The predicted molar refractivity (Wildman–Crippen MR) is 115 cm³/mol. The first-order valence-electron chi connectivity index (χ1n) is 9.54. The molecule has 0 saturated carbocycles. The number of aromatic nitrogens is 4. The molecule has 2 N–H and O–H groups in total. The molecule has 2 aromatic heterocycles. The van der Waals surface area contributed by atoms with Gasteiger partial charge >= 0.3 is 0 Å². The fraction of sp³-hybridized carbons (Fsp3) is 0.368. The molecule has 1 amide bonds. The Bertz CT molecular complexity index is 1140. The number of anilines is 1. The molecule has 0 aliphatic heterocycles. The van der Waals surface area contributed by atoms with Crippen LogP contribution in [-0.4, -0.2) is 79.3 Å². The van der Waals surface area contributed by atoms with Crippen molar-refractivity contribution < 1.29 is 17.9 Å². The largest absolute Gasteiger partial charge is 0.383 e. The second-order valence-corrected chi connectivity index (χ2v) is 8.97. The molecule has 3 aromatic rings. The van der Waals surface area contributed by atoms with Crippen LogP contribution in [0, 0.1) is 0 Å². The molecular formula is C19H25N7O4S. The van der Waals surface area contributed by atoms with Crippen molar-refractivity contribution in [3.63, 3.8) is 0 Å². The number of sulfonamides is 1. The zero-order valence-electron chi connectivity index (χ0n) is 17.6. The van der Waals surface area contributed by atoms with Crippen LogP contribution in [0.2, 0.25) is 0 Å². The summed E-state index contributed by atoms with van der Waals surface area (Å²) in [6.07, 6.45) is 3.13. The first-order chi connectivity index (χ1) is 14.8. The van der Waals surface area contributed by atoms with Gasteiger partial charge in [-0.25, -0.2) is 27.4 Å². The lowest BCUT2D eigenvalue weighted by atomic mass is 10.2. The van der Waals surface area contributed by atoms with E-state index in [-0.39, 0.29) is 10.8 Å². The Morgan fingerprint density at radius 3 is 2.58 bits per heavy atom. The van der Waals surface area contributed by atoms with E-state index in [0.717, 1.165) is 9.69 Å². The number of methoxy groups -OCH3 is 1. The molecule has 0 bridgehead atoms. The van der Waals surface area contributed by atoms with E-state index >= 15 is 0 Å². The SMILES string of the molecule is COCCNc1ncnc2c1cnn2CCNC(=O)c1ccc(S(=O)(=O)N(C)C)cc1. The lowest BCUT2D eigenvalue weighted by Gasteiger charge is -2.11. The zero-order chi connectivity index (χ0) is 22.4. The van der Waals surface area contributed by atoms with Crippen LogP contribution in [0.3, 0.4) is 0 Å². The van der Waals surface area contributed by atoms with Crippen LogP contribution in [-0.2, 0) is 21.3 Å². The van der Waals surface area contributed by atoms with Crippen molar-refractivity contribution in [3.05, 3.63) is 42.4 Å². The molecule has 0 unspecified atom stereocenters. The molecule has 166 valence electrons. The molecule has 0 fully saturated rings. The van der Waals surface area contributed by atoms with Crippen LogP contribution in [0.15, 0.2) is 41.7 Å². The van der Waals surface area contributed by atoms with E-state index in [4.69, 9.17) is 4.74 Å². The lowest BCUT2D eigenvalue weighted by Crippen LogP contribution is -2.27. The molecule has 11 nitrogen and oxygen atoms in total. The van der Waals surface area contributed by atoms with Crippen molar-refractivity contribution in [2.75, 3.05) is 46.2 Å². The van der Waals surface area contributed by atoms with Crippen molar-refractivity contribution in [2.45, 2.75) is 11.4 Å². The number of benzene rings is 1. The Balaban J connectivity index is 1.61. The maximum absolute atomic E-state index is 12.4. The molecular weight excluding hydrogens is 422 g/mol. The minimum Gasteiger partial charge on any atom is -0.383 e. The Labute approximate surface area is 180 Å². The third-order valence-electron chi connectivity index (χ3n) is 4.54. The van der Waals surface area contributed by atoms with Crippen molar-refractivity contribution in [1.82, 2.24) is 29.4 Å². The minimum absolute atomic E-state index is 0.131. The molecule has 2 heterocycles. The van der Waals surface area contributed by atoms with Gasteiger partial charge in [-0.15, -0.1) is 0 Å². The van der Waals surface area contributed by atoms with Crippen LogP contribution < -0.4 is 10.6 Å². The second-order valence-electron chi connectivity index (χ2n) is 6.81. The van der Waals surface area contributed by atoms with Gasteiger partial charge in [-0.3, -0.25) is 4.79 Å². The fourth-order valence-electron chi connectivity index (χ4n) is 2.84. The molecule has 31 heavy (non-hydrogen) atoms. The van der Waals surface area contributed by atoms with Gasteiger partial charge in [0.1, 0.15) is 12.1 Å². The average molecular weight is 448 g/mol. The van der Waals surface area contributed by atoms with Crippen LogP contribution in [0.25, 0.3) is 11.0 Å². The van der Waals surface area contributed by atoms with E-state index in [1.54, 1.807) is 18.0 Å². The quantitative estimate of drug-likeness (QED) is 0.431. The highest BCUT2D eigenvalue weighted by atomic mass is 32.2. The summed E-state index contributed by atoms with van der Waals surface area (Å²) < 4.78 is 32.1. The lowest BCUT2D eigenvalue weighted by molar-refractivity contribution is 0.0952. The fourth-order valence-corrected chi connectivity index (χ4v) is 3.74. The van der Waals surface area contributed by atoms with Gasteiger partial charge in [-0.1, -0.05) is 0 Å². The summed E-state index contributed by atoms with van der Waals surface area (Å²) >= 11 is 0. The average Bonchev–Trinajstić information content (AvgIpc) is 3.18. The first-order valence-corrected chi connectivity index (χ1v) is 11.0. The number of carbonyl (C=O) groups is 1. The first kappa shape index (κ1) is 22.6. The summed E-state index contributed by atoms with van der Waals surface area (Å²) in [6, 6.07) is 5.81. The normalized spacial score (nSPS) is 11.7. The minimum atomic E-state index is -3.53. The van der Waals surface area contributed by atoms with Gasteiger partial charge in [-0.2, -0.15) is 5.10 Å². The number of nitrogens with one attached hydrogen (secondary N) is 2. The van der Waals surface area contributed by atoms with Crippen LogP contribution >= 0.6 is 0 Å². The summed E-state index contributed by atoms with van der Waals surface area (Å²) in [6.45, 7) is 1.90. The smallest absolute Gasteiger partial charge is 0.251 e. The summed E-state index contributed by atoms with van der Waals surface area (Å²) in [4.78, 5) is 21.0. The number of hydrogen-bond acceptors (Lipinski definition) is 8. The molecule has 12 heteroatoms. The number of rotatable bonds is 10. The van der Waals surface area contributed by atoms with Gasteiger partial charge < -0.3 is 15.4 Å². The van der Waals surface area contributed by atoms with E-state index in [1.165, 1.54) is 44.7 Å². The van der Waals surface area contributed by atoms with Gasteiger partial charge in [0.25, 0.3) is 5.91 Å². The predicted octanol–water partition coefficient (Wildman–Crippen LogP) is 0.565. The number of hydrogen-bond donors (Lipinski definition) is 2. The molecule has 0 aliphatic carbocycles. The monoisotopic (exact) mass is 447 g/mol. The van der Waals surface area contributed by atoms with Gasteiger partial charge in [0.2, 0.25) is 10.0 Å². The van der Waals surface area contributed by atoms with Crippen molar-refractivity contribution in [1.29, 1.82) is 0 Å². The Hall–Kier alpha value is -3.09. The van der Waals surface area contributed by atoms with Crippen molar-refractivity contribution in [2.24, 2.45) is 0 Å². The van der Waals surface area contributed by atoms with Gasteiger partial charge in [0, 0.05) is 39.9 Å². The molecule has 0 saturated heterocycles. The summed E-state index contributed by atoms with van der Waals surface area (Å²) in [7, 11) is 1.01. The molecule has 0 radical (unpaired) electrons. The summed E-state index contributed by atoms with van der Waals surface area (Å²) in [5.74, 6) is 0.368. The number of carbonyl (C=O) groups excluding carboxylic acids is 1. The third kappa shape index (κ3) is 5.16. The standard InChI is InChI=1S/C19H25N7O4S/c1-25(2)31(28,29)15-6-4-14(5-7-15)19(27)21-8-10-26-18-16(12-24-26)17(22-13-23-18)20-9-11-30-3/h4-7,12-13H,8-11H2,1-3H3,(H,21,27)(H,20,22,23). The van der Waals surface area contributed by atoms with Gasteiger partial charge in [0.05, 0.1) is 29.6 Å². The molecule has 0 spiro atoms. The third-order valence-corrected chi connectivity index (χ3v) is 6.37. The topological polar surface area (TPSA) is 131 Å². The number of nitrogens with zero attached hydrogens (tertiary/aromatic N) is 5. The summed E-state index contributed by atoms with van der Waals surface area (Å²) in [5, 5.41) is 11.1. The maximum Gasteiger partial charge on any atom is 0.251 e. The molecule has 0 aliphatic rings. The highest BCUT2D eigenvalue weighted by Crippen LogP contribution is 2.18. The van der Waals surface area contributed by atoms with E-state index < -0.39 is 10.0 Å². The number of amides is 1. The Morgan fingerprint density at radius 2 is 1.90 bits per heavy atom.